The molecule has 1 aliphatic carbocycles. The number of methoxy groups -OCH3 is 1. The minimum atomic E-state index is -3.66. The minimum Gasteiger partial charge on any atom is -0.496 e. The number of nitrogens with one attached hydrogen (secondary N) is 1. The van der Waals surface area contributed by atoms with E-state index < -0.39 is 15.4 Å². The Morgan fingerprint density at radius 2 is 1.83 bits per heavy atom. The number of nitrogens with zero attached hydrogens (tertiary/aromatic N) is 1. The SMILES string of the molecule is COc1ccccc1C1(C(=O)Nc2cccc(-c3ccc(S(=O)(=O)N4CCC[C@@H]4CO)cc3)c2)CC1.[HH].[HH].[HH]. The monoisotopic (exact) mass is 512 g/mol. The van der Waals surface area contributed by atoms with Gasteiger partial charge >= 0.3 is 0 Å². The molecule has 1 saturated heterocycles. The van der Waals surface area contributed by atoms with E-state index in [2.05, 4.69) is 5.32 Å². The number of aliphatic hydroxyl groups excluding tert-OH is 1. The Kier molecular flexibility index (Phi) is 6.59. The van der Waals surface area contributed by atoms with Gasteiger partial charge in [0, 0.05) is 28.1 Å². The minimum absolute atomic E-state index is 0. The second-order valence-corrected chi connectivity index (χ2v) is 11.3. The van der Waals surface area contributed by atoms with Crippen LogP contribution in [0.4, 0.5) is 5.69 Å². The lowest BCUT2D eigenvalue weighted by molar-refractivity contribution is -0.118. The first-order chi connectivity index (χ1) is 17.4. The predicted molar refractivity (Wildman–Crippen MR) is 145 cm³/mol. The number of hydrogen-bond donors (Lipinski definition) is 2. The van der Waals surface area contributed by atoms with E-state index in [0.717, 1.165) is 36.0 Å². The number of para-hydroxylation sites is 1. The van der Waals surface area contributed by atoms with E-state index in [4.69, 9.17) is 4.74 Å². The van der Waals surface area contributed by atoms with Crippen LogP contribution in [0.5, 0.6) is 5.75 Å². The van der Waals surface area contributed by atoms with Gasteiger partial charge in [-0.15, -0.1) is 0 Å². The van der Waals surface area contributed by atoms with Crippen molar-refractivity contribution in [2.24, 2.45) is 0 Å². The molecule has 0 spiro atoms. The highest BCUT2D eigenvalue weighted by Gasteiger charge is 2.52. The third kappa shape index (κ3) is 4.40. The Balaban J connectivity index is 0.00000178. The van der Waals surface area contributed by atoms with E-state index in [-0.39, 0.29) is 27.7 Å². The van der Waals surface area contributed by atoms with Gasteiger partial charge in [-0.2, -0.15) is 4.31 Å². The molecule has 2 fully saturated rings. The summed E-state index contributed by atoms with van der Waals surface area (Å²) in [7, 11) is -2.04. The van der Waals surface area contributed by atoms with Crippen LogP contribution in [-0.4, -0.2) is 50.0 Å². The lowest BCUT2D eigenvalue weighted by Gasteiger charge is -2.22. The van der Waals surface area contributed by atoms with Crippen LogP contribution in [0, 0.1) is 0 Å². The van der Waals surface area contributed by atoms with Crippen LogP contribution in [0.3, 0.4) is 0 Å². The number of rotatable bonds is 8. The van der Waals surface area contributed by atoms with Crippen molar-refractivity contribution in [3.8, 4) is 16.9 Å². The van der Waals surface area contributed by atoms with Gasteiger partial charge in [0.05, 0.1) is 24.0 Å². The predicted octanol–water partition coefficient (Wildman–Crippen LogP) is 4.92. The van der Waals surface area contributed by atoms with Gasteiger partial charge in [0.2, 0.25) is 15.9 Å². The molecule has 3 aromatic rings. The molecule has 5 rings (SSSR count). The summed E-state index contributed by atoms with van der Waals surface area (Å²) in [6, 6.07) is 21.6. The van der Waals surface area contributed by atoms with Crippen molar-refractivity contribution < 1.29 is 27.3 Å². The summed E-state index contributed by atoms with van der Waals surface area (Å²) >= 11 is 0. The van der Waals surface area contributed by atoms with Crippen LogP contribution in [0.25, 0.3) is 11.1 Å². The van der Waals surface area contributed by atoms with Crippen LogP contribution >= 0.6 is 0 Å². The molecule has 36 heavy (non-hydrogen) atoms. The summed E-state index contributed by atoms with van der Waals surface area (Å²) in [5.74, 6) is 0.655. The van der Waals surface area contributed by atoms with Crippen LogP contribution in [0.15, 0.2) is 77.7 Å². The Morgan fingerprint density at radius 3 is 2.53 bits per heavy atom. The van der Waals surface area contributed by atoms with Gasteiger partial charge in [0.1, 0.15) is 5.75 Å². The molecule has 1 saturated carbocycles. The zero-order valence-corrected chi connectivity index (χ0v) is 21.0. The number of amides is 1. The number of sulfonamides is 1. The van der Waals surface area contributed by atoms with Crippen molar-refractivity contribution in [1.82, 2.24) is 4.31 Å². The van der Waals surface area contributed by atoms with Gasteiger partial charge in [-0.25, -0.2) is 8.42 Å². The first-order valence-corrected chi connectivity index (χ1v) is 13.6. The fourth-order valence-corrected chi connectivity index (χ4v) is 6.76. The zero-order valence-electron chi connectivity index (χ0n) is 20.2. The largest absolute Gasteiger partial charge is 0.496 e. The van der Waals surface area contributed by atoms with Gasteiger partial charge in [-0.1, -0.05) is 42.5 Å². The summed E-state index contributed by atoms with van der Waals surface area (Å²) < 4.78 is 33.0. The maximum atomic E-state index is 13.3. The average Bonchev–Trinajstić information content (AvgIpc) is 3.57. The lowest BCUT2D eigenvalue weighted by Crippen LogP contribution is -2.37. The molecule has 1 aliphatic heterocycles. The molecule has 8 heteroatoms. The highest BCUT2D eigenvalue weighted by atomic mass is 32.2. The molecule has 2 aliphatic rings. The van der Waals surface area contributed by atoms with Crippen molar-refractivity contribution in [3.63, 3.8) is 0 Å². The molecule has 0 aromatic heterocycles. The zero-order chi connectivity index (χ0) is 25.3. The number of anilines is 1. The van der Waals surface area contributed by atoms with Crippen molar-refractivity contribution >= 4 is 21.6 Å². The number of carbonyl (C=O) groups excluding carboxylic acids is 1. The van der Waals surface area contributed by atoms with Gasteiger partial charge < -0.3 is 15.2 Å². The van der Waals surface area contributed by atoms with Gasteiger partial charge in [-0.3, -0.25) is 4.79 Å². The Bertz CT molecular complexity index is 1380. The normalized spacial score (nSPS) is 19.1. The van der Waals surface area contributed by atoms with E-state index in [0.29, 0.717) is 24.4 Å². The van der Waals surface area contributed by atoms with Gasteiger partial charge in [0.15, 0.2) is 0 Å². The van der Waals surface area contributed by atoms with Crippen molar-refractivity contribution in [2.45, 2.75) is 42.0 Å². The van der Waals surface area contributed by atoms with Crippen LogP contribution in [0.2, 0.25) is 0 Å². The summed E-state index contributed by atoms with van der Waals surface area (Å²) in [4.78, 5) is 13.5. The van der Waals surface area contributed by atoms with Crippen LogP contribution < -0.4 is 10.1 Å². The Morgan fingerprint density at radius 1 is 1.08 bits per heavy atom. The Hall–Kier alpha value is -3.20. The average molecular weight is 513 g/mol. The third-order valence-corrected chi connectivity index (χ3v) is 9.22. The maximum absolute atomic E-state index is 13.3. The standard InChI is InChI=1S/C28H30N2O5S.3H2/c1-35-26-10-3-2-9-25(26)28(15-16-28)27(32)29-22-7-4-6-21(18-22)20-11-13-24(14-12-20)36(33,34)30-17-5-8-23(30)19-31;;;/h2-4,6-7,9-14,18,23,31H,5,8,15-17,19H2,1H3,(H,29,32);3*1H/t23-;;;/m1.../s1. The summed E-state index contributed by atoms with van der Waals surface area (Å²) in [5, 5.41) is 12.6. The Labute approximate surface area is 216 Å². The third-order valence-electron chi connectivity index (χ3n) is 7.26. The number of carbonyl (C=O) groups is 1. The summed E-state index contributed by atoms with van der Waals surface area (Å²) in [6.45, 7) is 0.252. The van der Waals surface area contributed by atoms with Crippen LogP contribution in [0.1, 0.15) is 35.5 Å². The van der Waals surface area contributed by atoms with Crippen molar-refractivity contribution in [2.75, 3.05) is 25.6 Å². The molecule has 2 N–H and O–H groups in total. The highest BCUT2D eigenvalue weighted by Crippen LogP contribution is 2.52. The molecule has 0 unspecified atom stereocenters. The first-order valence-electron chi connectivity index (χ1n) is 12.2. The fraction of sp³-hybridized carbons (Fsp3) is 0.321. The van der Waals surface area contributed by atoms with Gasteiger partial charge in [-0.05, 0) is 67.1 Å². The number of benzene rings is 3. The summed E-state index contributed by atoms with van der Waals surface area (Å²) in [5.41, 5.74) is 2.71. The maximum Gasteiger partial charge on any atom is 0.243 e. The molecule has 1 heterocycles. The highest BCUT2D eigenvalue weighted by molar-refractivity contribution is 7.89. The second kappa shape index (κ2) is 9.69. The van der Waals surface area contributed by atoms with Crippen molar-refractivity contribution in [1.29, 1.82) is 0 Å². The van der Waals surface area contributed by atoms with E-state index in [1.807, 2.05) is 48.5 Å². The molecule has 194 valence electrons. The van der Waals surface area contributed by atoms with E-state index in [1.54, 1.807) is 31.4 Å². The summed E-state index contributed by atoms with van der Waals surface area (Å²) in [6.07, 6.45) is 2.95. The smallest absolute Gasteiger partial charge is 0.243 e. The first kappa shape index (κ1) is 24.5. The molecular formula is C28H36N2O5S. The number of ether oxygens (including phenoxy) is 1. The van der Waals surface area contributed by atoms with Crippen LogP contribution in [-0.2, 0) is 20.2 Å². The van der Waals surface area contributed by atoms with Crippen molar-refractivity contribution in [3.05, 3.63) is 78.4 Å². The molecule has 0 radical (unpaired) electrons. The van der Waals surface area contributed by atoms with E-state index in [9.17, 15) is 18.3 Å². The second-order valence-electron chi connectivity index (χ2n) is 9.44. The number of aliphatic hydroxyl groups is 1. The number of hydrogen-bond acceptors (Lipinski definition) is 5. The quantitative estimate of drug-likeness (QED) is 0.447. The molecular weight excluding hydrogens is 476 g/mol. The van der Waals surface area contributed by atoms with Gasteiger partial charge in [0.25, 0.3) is 0 Å². The molecule has 1 amide bonds. The van der Waals surface area contributed by atoms with E-state index in [1.165, 1.54) is 4.31 Å². The lowest BCUT2D eigenvalue weighted by atomic mass is 9.93. The fourth-order valence-electron chi connectivity index (χ4n) is 5.07. The molecule has 0 bridgehead atoms. The topological polar surface area (TPSA) is 95.9 Å². The molecule has 7 nitrogen and oxygen atoms in total. The van der Waals surface area contributed by atoms with E-state index >= 15 is 0 Å². The molecule has 3 aromatic carbocycles. The molecule has 1 atom stereocenters.